The first kappa shape index (κ1) is 21.8. The van der Waals surface area contributed by atoms with E-state index in [2.05, 4.69) is 90.0 Å². The van der Waals surface area contributed by atoms with Gasteiger partial charge in [0.05, 0.1) is 13.2 Å². The van der Waals surface area contributed by atoms with Crippen molar-refractivity contribution in [1.29, 1.82) is 0 Å². The minimum atomic E-state index is 0.248. The maximum Gasteiger partial charge on any atom is 0.119 e. The van der Waals surface area contributed by atoms with Gasteiger partial charge in [0.15, 0.2) is 0 Å². The van der Waals surface area contributed by atoms with Gasteiger partial charge in [-0.2, -0.15) is 0 Å². The third kappa shape index (κ3) is 6.07. The molecule has 0 N–H and O–H groups in total. The summed E-state index contributed by atoms with van der Waals surface area (Å²) in [4.78, 5) is 3.76. The minimum Gasteiger partial charge on any atom is -0.492 e. The molecule has 1 aliphatic rings. The molecule has 0 bridgehead atoms. The predicted octanol–water partition coefficient (Wildman–Crippen LogP) is 6.08. The van der Waals surface area contributed by atoms with Gasteiger partial charge in [-0.15, -0.1) is 11.3 Å². The number of thiophene rings is 1. The van der Waals surface area contributed by atoms with Gasteiger partial charge in [-0.05, 0) is 46.7 Å². The lowest BCUT2D eigenvalue weighted by molar-refractivity contribution is 0.0322. The molecule has 0 radical (unpaired) electrons. The van der Waals surface area contributed by atoms with Crippen molar-refractivity contribution in [3.8, 4) is 5.75 Å². The van der Waals surface area contributed by atoms with Gasteiger partial charge in [0, 0.05) is 30.4 Å². The molecule has 1 atom stereocenters. The van der Waals surface area contributed by atoms with Gasteiger partial charge in [0.2, 0.25) is 0 Å². The second-order valence-corrected chi connectivity index (χ2v) is 8.76. The minimum absolute atomic E-state index is 0.248. The van der Waals surface area contributed by atoms with Crippen molar-refractivity contribution in [3.05, 3.63) is 94.2 Å². The number of rotatable bonds is 9. The van der Waals surface area contributed by atoms with Crippen LogP contribution < -0.4 is 4.74 Å². The molecular formula is C27H31NO2S. The van der Waals surface area contributed by atoms with Crippen molar-refractivity contribution in [1.82, 2.24) is 4.90 Å². The fourth-order valence-corrected chi connectivity index (χ4v) is 4.79. The van der Waals surface area contributed by atoms with Crippen LogP contribution in [-0.2, 0) is 4.74 Å². The van der Waals surface area contributed by atoms with E-state index in [-0.39, 0.29) is 5.92 Å². The zero-order valence-electron chi connectivity index (χ0n) is 18.2. The highest BCUT2D eigenvalue weighted by molar-refractivity contribution is 7.10. The number of hydrogen-bond donors (Lipinski definition) is 0. The molecule has 1 saturated heterocycles. The Hall–Kier alpha value is -2.40. The summed E-state index contributed by atoms with van der Waals surface area (Å²) in [5.41, 5.74) is 3.98. The molecule has 0 amide bonds. The number of allylic oxidation sites excluding steroid dienone is 2. The molecule has 4 heteroatoms. The van der Waals surface area contributed by atoms with Crippen LogP contribution in [0.1, 0.15) is 35.3 Å². The summed E-state index contributed by atoms with van der Waals surface area (Å²) in [5.74, 6) is 1.18. The molecule has 0 spiro atoms. The van der Waals surface area contributed by atoms with Gasteiger partial charge < -0.3 is 9.47 Å². The van der Waals surface area contributed by atoms with Gasteiger partial charge in [-0.25, -0.2) is 0 Å². The Bertz CT molecular complexity index is 929. The average molecular weight is 434 g/mol. The molecule has 1 aromatic heterocycles. The maximum atomic E-state index is 6.01. The van der Waals surface area contributed by atoms with E-state index in [1.807, 2.05) is 11.3 Å². The van der Waals surface area contributed by atoms with Crippen molar-refractivity contribution in [3.63, 3.8) is 0 Å². The second kappa shape index (κ2) is 11.3. The average Bonchev–Trinajstić information content (AvgIpc) is 3.36. The van der Waals surface area contributed by atoms with Crippen molar-refractivity contribution < 1.29 is 9.47 Å². The van der Waals surface area contributed by atoms with Crippen LogP contribution in [0, 0.1) is 0 Å². The number of ether oxygens (including phenoxy) is 2. The lowest BCUT2D eigenvalue weighted by Crippen LogP contribution is -2.38. The molecule has 3 nitrogen and oxygen atoms in total. The summed E-state index contributed by atoms with van der Waals surface area (Å²) >= 11 is 1.82. The Morgan fingerprint density at radius 1 is 1.03 bits per heavy atom. The third-order valence-corrected chi connectivity index (χ3v) is 6.72. The van der Waals surface area contributed by atoms with Gasteiger partial charge >= 0.3 is 0 Å². The number of morpholine rings is 1. The molecule has 1 fully saturated rings. The molecule has 0 unspecified atom stereocenters. The first-order valence-electron chi connectivity index (χ1n) is 11.2. The van der Waals surface area contributed by atoms with Crippen LogP contribution >= 0.6 is 11.3 Å². The number of benzene rings is 2. The molecule has 1 aliphatic heterocycles. The molecule has 162 valence electrons. The van der Waals surface area contributed by atoms with E-state index in [0.29, 0.717) is 6.61 Å². The van der Waals surface area contributed by atoms with E-state index in [4.69, 9.17) is 9.47 Å². The quantitative estimate of drug-likeness (QED) is 0.408. The molecule has 2 aromatic carbocycles. The topological polar surface area (TPSA) is 21.7 Å². The summed E-state index contributed by atoms with van der Waals surface area (Å²) in [5, 5.41) is 2.16. The van der Waals surface area contributed by atoms with Crippen molar-refractivity contribution >= 4 is 16.9 Å². The molecular weight excluding hydrogens is 402 g/mol. The number of hydrogen-bond acceptors (Lipinski definition) is 4. The molecule has 3 aromatic rings. The highest BCUT2D eigenvalue weighted by atomic mass is 32.1. The van der Waals surface area contributed by atoms with E-state index >= 15 is 0 Å². The highest BCUT2D eigenvalue weighted by Crippen LogP contribution is 2.34. The van der Waals surface area contributed by atoms with E-state index in [0.717, 1.165) is 45.0 Å². The van der Waals surface area contributed by atoms with Crippen LogP contribution in [0.4, 0.5) is 0 Å². The Kier molecular flexibility index (Phi) is 7.94. The van der Waals surface area contributed by atoms with Crippen molar-refractivity contribution in [2.75, 3.05) is 39.5 Å². The van der Waals surface area contributed by atoms with E-state index in [9.17, 15) is 0 Å². The fourth-order valence-electron chi connectivity index (χ4n) is 3.97. The van der Waals surface area contributed by atoms with E-state index < -0.39 is 0 Å². The Balaban J connectivity index is 1.48. The van der Waals surface area contributed by atoms with Crippen LogP contribution in [-0.4, -0.2) is 44.4 Å². The van der Waals surface area contributed by atoms with Crippen molar-refractivity contribution in [2.45, 2.75) is 19.3 Å². The third-order valence-electron chi connectivity index (χ3n) is 5.76. The van der Waals surface area contributed by atoms with E-state index in [1.54, 1.807) is 0 Å². The Labute approximate surface area is 189 Å². The first-order chi connectivity index (χ1) is 15.3. The van der Waals surface area contributed by atoms with Gasteiger partial charge in [-0.3, -0.25) is 4.90 Å². The van der Waals surface area contributed by atoms with Crippen LogP contribution in [0.15, 0.2) is 78.2 Å². The lowest BCUT2D eigenvalue weighted by atomic mass is 9.91. The maximum absolute atomic E-state index is 6.01. The lowest BCUT2D eigenvalue weighted by Gasteiger charge is -2.26. The van der Waals surface area contributed by atoms with Gasteiger partial charge in [0.1, 0.15) is 12.4 Å². The predicted molar refractivity (Wildman–Crippen MR) is 130 cm³/mol. The number of nitrogens with zero attached hydrogens (tertiary/aromatic N) is 1. The van der Waals surface area contributed by atoms with Crippen LogP contribution in [0.3, 0.4) is 0 Å². The zero-order valence-corrected chi connectivity index (χ0v) is 19.0. The monoisotopic (exact) mass is 433 g/mol. The second-order valence-electron chi connectivity index (χ2n) is 7.78. The standard InChI is InChI=1S/C27H31NO2S/c1-2-22(23-7-4-3-5-8-23)21-26(27-9-6-20-31-27)24-10-12-25(13-11-24)30-19-16-28-14-17-29-18-15-28/h3-13,20-21,26H,2,14-19H2,1H3/t26-/m1/s1. The first-order valence-corrected chi connectivity index (χ1v) is 12.0. The summed E-state index contributed by atoms with van der Waals surface area (Å²) < 4.78 is 11.4. The van der Waals surface area contributed by atoms with Gasteiger partial charge in [0.25, 0.3) is 0 Å². The van der Waals surface area contributed by atoms with E-state index in [1.165, 1.54) is 21.6 Å². The molecule has 2 heterocycles. The largest absolute Gasteiger partial charge is 0.492 e. The van der Waals surface area contributed by atoms with Gasteiger partial charge in [-0.1, -0.05) is 61.5 Å². The summed E-state index contributed by atoms with van der Waals surface area (Å²) in [6, 6.07) is 23.7. The van der Waals surface area contributed by atoms with Crippen LogP contribution in [0.2, 0.25) is 0 Å². The zero-order chi connectivity index (χ0) is 21.3. The normalized spacial score (nSPS) is 16.2. The van der Waals surface area contributed by atoms with Crippen LogP contribution in [0.5, 0.6) is 5.75 Å². The SMILES string of the molecule is CCC(=C[C@H](c1ccc(OCCN2CCOCC2)cc1)c1cccs1)c1ccccc1. The summed E-state index contributed by atoms with van der Waals surface area (Å²) in [7, 11) is 0. The smallest absolute Gasteiger partial charge is 0.119 e. The fraction of sp³-hybridized carbons (Fsp3) is 0.333. The van der Waals surface area contributed by atoms with Crippen LogP contribution in [0.25, 0.3) is 5.57 Å². The summed E-state index contributed by atoms with van der Waals surface area (Å²) in [6.45, 7) is 7.54. The Morgan fingerprint density at radius 2 is 1.81 bits per heavy atom. The molecule has 0 aliphatic carbocycles. The summed E-state index contributed by atoms with van der Waals surface area (Å²) in [6.07, 6.45) is 3.43. The van der Waals surface area contributed by atoms with Crippen molar-refractivity contribution in [2.24, 2.45) is 0 Å². The Morgan fingerprint density at radius 3 is 2.48 bits per heavy atom. The molecule has 31 heavy (non-hydrogen) atoms. The molecule has 4 rings (SSSR count). The molecule has 0 saturated carbocycles. The highest BCUT2D eigenvalue weighted by Gasteiger charge is 2.15.